The number of aliphatic hydroxyl groups is 5. The van der Waals surface area contributed by atoms with Crippen molar-refractivity contribution in [2.75, 3.05) is 6.61 Å². The van der Waals surface area contributed by atoms with Gasteiger partial charge in [0.15, 0.2) is 0 Å². The second-order valence-electron chi connectivity index (χ2n) is 4.81. The highest BCUT2D eigenvalue weighted by atomic mass is 16.4. The van der Waals surface area contributed by atoms with Crippen LogP contribution in [0.4, 0.5) is 0 Å². The highest BCUT2D eigenvalue weighted by Gasteiger charge is 2.35. The maximum Gasteiger partial charge on any atom is 0.210 e. The number of carbonyl (C=O) groups excluding carboxylic acids is 1. The number of aromatic amines is 1. The minimum absolute atomic E-state index is 0.0773. The summed E-state index contributed by atoms with van der Waals surface area (Å²) in [5, 5.41) is 47.7. The van der Waals surface area contributed by atoms with Gasteiger partial charge in [-0.1, -0.05) is 18.2 Å². The molecular formula is C14H17NO6. The summed E-state index contributed by atoms with van der Waals surface area (Å²) in [5.74, 6) is -0.817. The molecule has 21 heavy (non-hydrogen) atoms. The van der Waals surface area contributed by atoms with E-state index in [-0.39, 0.29) is 5.69 Å². The van der Waals surface area contributed by atoms with E-state index in [1.165, 1.54) is 6.07 Å². The Labute approximate surface area is 120 Å². The van der Waals surface area contributed by atoms with Gasteiger partial charge in [-0.05, 0) is 12.1 Å². The van der Waals surface area contributed by atoms with Gasteiger partial charge in [0.25, 0.3) is 0 Å². The van der Waals surface area contributed by atoms with E-state index in [0.29, 0.717) is 5.52 Å². The molecule has 0 bridgehead atoms. The largest absolute Gasteiger partial charge is 0.394 e. The summed E-state index contributed by atoms with van der Waals surface area (Å²) < 4.78 is 0. The first-order valence-electron chi connectivity index (χ1n) is 6.40. The van der Waals surface area contributed by atoms with Crippen molar-refractivity contribution in [1.29, 1.82) is 0 Å². The van der Waals surface area contributed by atoms with Crippen LogP contribution in [0.2, 0.25) is 0 Å². The molecule has 114 valence electrons. The summed E-state index contributed by atoms with van der Waals surface area (Å²) in [4.78, 5) is 14.9. The molecule has 0 aliphatic rings. The van der Waals surface area contributed by atoms with Crippen LogP contribution in [0.25, 0.3) is 10.9 Å². The molecule has 0 aliphatic heterocycles. The van der Waals surface area contributed by atoms with Gasteiger partial charge in [0.1, 0.15) is 24.4 Å². The summed E-state index contributed by atoms with van der Waals surface area (Å²) in [6.07, 6.45) is -7.32. The monoisotopic (exact) mass is 295 g/mol. The maximum absolute atomic E-state index is 12.1. The fourth-order valence-electron chi connectivity index (χ4n) is 2.04. The Hall–Kier alpha value is -1.77. The van der Waals surface area contributed by atoms with Crippen molar-refractivity contribution in [3.63, 3.8) is 0 Å². The van der Waals surface area contributed by atoms with Crippen molar-refractivity contribution < 1.29 is 30.3 Å². The van der Waals surface area contributed by atoms with Gasteiger partial charge in [-0.3, -0.25) is 4.79 Å². The van der Waals surface area contributed by atoms with Crippen molar-refractivity contribution in [3.05, 3.63) is 36.0 Å². The number of aromatic nitrogens is 1. The van der Waals surface area contributed by atoms with Crippen LogP contribution < -0.4 is 0 Å². The minimum Gasteiger partial charge on any atom is -0.394 e. The number of rotatable bonds is 6. The molecule has 4 atom stereocenters. The second kappa shape index (κ2) is 6.33. The molecule has 0 fully saturated rings. The van der Waals surface area contributed by atoms with E-state index in [9.17, 15) is 25.2 Å². The van der Waals surface area contributed by atoms with Gasteiger partial charge in [0, 0.05) is 10.9 Å². The smallest absolute Gasteiger partial charge is 0.210 e. The zero-order valence-electron chi connectivity index (χ0n) is 11.0. The molecular weight excluding hydrogens is 278 g/mol. The molecule has 0 aliphatic carbocycles. The molecule has 0 spiro atoms. The predicted molar refractivity (Wildman–Crippen MR) is 73.7 cm³/mol. The van der Waals surface area contributed by atoms with E-state index < -0.39 is 36.8 Å². The first kappa shape index (κ1) is 15.6. The fourth-order valence-corrected chi connectivity index (χ4v) is 2.04. The maximum atomic E-state index is 12.1. The topological polar surface area (TPSA) is 134 Å². The number of aliphatic hydroxyl groups excluding tert-OH is 5. The summed E-state index contributed by atoms with van der Waals surface area (Å²) in [6.45, 7) is -0.800. The standard InChI is InChI=1S/C14H17NO6/c16-6-10(17)12(19)14(21)13(20)11(18)9-5-7-3-1-2-4-8(7)15-9/h1-5,10,12-17,19-21H,6H2/t10-,12-,13+,14+/m1/s1. The number of H-pyrrole nitrogens is 1. The van der Waals surface area contributed by atoms with Crippen LogP contribution in [0.15, 0.2) is 30.3 Å². The first-order valence-corrected chi connectivity index (χ1v) is 6.40. The van der Waals surface area contributed by atoms with Crippen molar-refractivity contribution in [1.82, 2.24) is 4.98 Å². The van der Waals surface area contributed by atoms with Crippen molar-refractivity contribution in [3.8, 4) is 0 Å². The zero-order valence-corrected chi connectivity index (χ0v) is 11.0. The van der Waals surface area contributed by atoms with Crippen LogP contribution in [-0.2, 0) is 0 Å². The second-order valence-corrected chi connectivity index (χ2v) is 4.81. The van der Waals surface area contributed by atoms with Gasteiger partial charge in [-0.2, -0.15) is 0 Å². The Morgan fingerprint density at radius 3 is 2.38 bits per heavy atom. The fraction of sp³-hybridized carbons (Fsp3) is 0.357. The molecule has 0 amide bonds. The molecule has 0 saturated carbocycles. The Morgan fingerprint density at radius 1 is 1.10 bits per heavy atom. The lowest BCUT2D eigenvalue weighted by Gasteiger charge is -2.24. The quantitative estimate of drug-likeness (QED) is 0.370. The summed E-state index contributed by atoms with van der Waals surface area (Å²) in [5.41, 5.74) is 0.770. The number of carbonyl (C=O) groups is 1. The van der Waals surface area contributed by atoms with Gasteiger partial charge in [-0.15, -0.1) is 0 Å². The lowest BCUT2D eigenvalue weighted by Crippen LogP contribution is -2.48. The molecule has 7 heteroatoms. The predicted octanol–water partition coefficient (Wildman–Crippen LogP) is -1.21. The van der Waals surface area contributed by atoms with Crippen molar-refractivity contribution >= 4 is 16.7 Å². The summed E-state index contributed by atoms with van der Waals surface area (Å²) >= 11 is 0. The highest BCUT2D eigenvalue weighted by molar-refractivity contribution is 6.02. The van der Waals surface area contributed by atoms with E-state index in [4.69, 9.17) is 5.11 Å². The third-order valence-corrected chi connectivity index (χ3v) is 3.32. The molecule has 1 aromatic carbocycles. The minimum atomic E-state index is -1.92. The summed E-state index contributed by atoms with van der Waals surface area (Å²) in [6, 6.07) is 8.61. The average Bonchev–Trinajstić information content (AvgIpc) is 2.95. The number of ketones is 1. The van der Waals surface area contributed by atoms with E-state index in [2.05, 4.69) is 4.98 Å². The van der Waals surface area contributed by atoms with E-state index in [0.717, 1.165) is 5.39 Å². The van der Waals surface area contributed by atoms with E-state index >= 15 is 0 Å². The van der Waals surface area contributed by atoms with Gasteiger partial charge >= 0.3 is 0 Å². The van der Waals surface area contributed by atoms with E-state index in [1.54, 1.807) is 24.3 Å². The van der Waals surface area contributed by atoms with Gasteiger partial charge in [0.05, 0.1) is 12.3 Å². The molecule has 1 heterocycles. The van der Waals surface area contributed by atoms with Crippen LogP contribution in [0.5, 0.6) is 0 Å². The normalized spacial score (nSPS) is 17.4. The Bertz CT molecular complexity index is 592. The lowest BCUT2D eigenvalue weighted by molar-refractivity contribution is -0.105. The molecule has 1 aromatic heterocycles. The molecule has 7 nitrogen and oxygen atoms in total. The molecule has 0 unspecified atom stereocenters. The van der Waals surface area contributed by atoms with E-state index in [1.807, 2.05) is 0 Å². The molecule has 6 N–H and O–H groups in total. The van der Waals surface area contributed by atoms with Gasteiger partial charge < -0.3 is 30.5 Å². The van der Waals surface area contributed by atoms with Crippen LogP contribution in [0, 0.1) is 0 Å². The third kappa shape index (κ3) is 3.12. The van der Waals surface area contributed by atoms with Crippen LogP contribution in [-0.4, -0.2) is 67.3 Å². The van der Waals surface area contributed by atoms with Gasteiger partial charge in [0.2, 0.25) is 5.78 Å². The number of fused-ring (bicyclic) bond motifs is 1. The lowest BCUT2D eigenvalue weighted by atomic mass is 9.99. The Balaban J connectivity index is 2.18. The number of hydrogen-bond acceptors (Lipinski definition) is 6. The zero-order chi connectivity index (χ0) is 15.6. The van der Waals surface area contributed by atoms with Crippen molar-refractivity contribution in [2.45, 2.75) is 24.4 Å². The first-order chi connectivity index (χ1) is 9.95. The van der Waals surface area contributed by atoms with Crippen molar-refractivity contribution in [2.24, 2.45) is 0 Å². The molecule has 0 radical (unpaired) electrons. The summed E-state index contributed by atoms with van der Waals surface area (Å²) in [7, 11) is 0. The number of Topliss-reactive ketones (excluding diaryl/α,β-unsaturated/α-hetero) is 1. The number of benzene rings is 1. The Kier molecular flexibility index (Phi) is 4.71. The van der Waals surface area contributed by atoms with Crippen LogP contribution in [0.1, 0.15) is 10.5 Å². The highest BCUT2D eigenvalue weighted by Crippen LogP contribution is 2.17. The van der Waals surface area contributed by atoms with Gasteiger partial charge in [-0.25, -0.2) is 0 Å². The van der Waals surface area contributed by atoms with Crippen LogP contribution >= 0.6 is 0 Å². The molecule has 0 saturated heterocycles. The molecule has 2 aromatic rings. The average molecular weight is 295 g/mol. The Morgan fingerprint density at radius 2 is 1.76 bits per heavy atom. The third-order valence-electron chi connectivity index (χ3n) is 3.32. The molecule has 2 rings (SSSR count). The SMILES string of the molecule is O=C(c1cc2ccccc2[nH]1)[C@H](O)[C@@H](O)[C@H](O)[C@H](O)CO. The number of hydrogen-bond donors (Lipinski definition) is 6. The number of nitrogens with one attached hydrogen (secondary N) is 1. The number of para-hydroxylation sites is 1. The van der Waals surface area contributed by atoms with Crippen LogP contribution in [0.3, 0.4) is 0 Å².